The van der Waals surface area contributed by atoms with Crippen LogP contribution in [0.2, 0.25) is 0 Å². The van der Waals surface area contributed by atoms with Crippen LogP contribution in [0.15, 0.2) is 18.2 Å². The van der Waals surface area contributed by atoms with Gasteiger partial charge in [-0.2, -0.15) is 0 Å². The fourth-order valence-corrected chi connectivity index (χ4v) is 2.38. The molecule has 0 amide bonds. The van der Waals surface area contributed by atoms with E-state index in [2.05, 4.69) is 37.4 Å². The topological polar surface area (TPSA) is 21.3 Å². The Morgan fingerprint density at radius 3 is 2.71 bits per heavy atom. The Balaban J connectivity index is 2.14. The zero-order valence-electron chi connectivity index (χ0n) is 11.1. The first-order valence-electron chi connectivity index (χ1n) is 6.64. The molecule has 0 heterocycles. The fraction of sp³-hybridized carbons (Fsp3) is 0.600. The number of benzene rings is 1. The molecule has 0 radical (unpaired) electrons. The van der Waals surface area contributed by atoms with Gasteiger partial charge in [0.2, 0.25) is 0 Å². The number of aryl methyl sites for hydroxylation is 1. The first kappa shape index (κ1) is 12.4. The van der Waals surface area contributed by atoms with E-state index in [-0.39, 0.29) is 0 Å². The van der Waals surface area contributed by atoms with Crippen molar-refractivity contribution in [3.8, 4) is 5.75 Å². The summed E-state index contributed by atoms with van der Waals surface area (Å²) in [5, 5.41) is 3.67. The predicted octanol–water partition coefficient (Wildman–Crippen LogP) is 3.45. The molecule has 1 unspecified atom stereocenters. The molecule has 1 N–H and O–H groups in total. The molecule has 0 saturated heterocycles. The van der Waals surface area contributed by atoms with E-state index in [1.165, 1.54) is 30.4 Å². The van der Waals surface area contributed by atoms with Gasteiger partial charge in [-0.25, -0.2) is 0 Å². The Morgan fingerprint density at radius 1 is 1.41 bits per heavy atom. The molecule has 1 atom stereocenters. The summed E-state index contributed by atoms with van der Waals surface area (Å²) in [5.41, 5.74) is 2.65. The van der Waals surface area contributed by atoms with Crippen molar-refractivity contribution >= 4 is 0 Å². The van der Waals surface area contributed by atoms with Crippen LogP contribution in [0.5, 0.6) is 5.75 Å². The molecule has 17 heavy (non-hydrogen) atoms. The van der Waals surface area contributed by atoms with Crippen molar-refractivity contribution in [1.82, 2.24) is 5.32 Å². The lowest BCUT2D eigenvalue weighted by Gasteiger charge is -2.19. The highest BCUT2D eigenvalue weighted by atomic mass is 16.5. The van der Waals surface area contributed by atoms with Gasteiger partial charge < -0.3 is 10.1 Å². The van der Waals surface area contributed by atoms with E-state index in [9.17, 15) is 0 Å². The molecule has 1 fully saturated rings. The highest BCUT2D eigenvalue weighted by molar-refractivity contribution is 5.37. The molecule has 1 saturated carbocycles. The summed E-state index contributed by atoms with van der Waals surface area (Å²) in [5.74, 6) is 1.83. The van der Waals surface area contributed by atoms with Crippen LogP contribution < -0.4 is 10.1 Å². The average molecular weight is 233 g/mol. The Morgan fingerprint density at radius 2 is 2.18 bits per heavy atom. The van der Waals surface area contributed by atoms with Gasteiger partial charge in [-0.1, -0.05) is 19.1 Å². The smallest absolute Gasteiger partial charge is 0.121 e. The van der Waals surface area contributed by atoms with Crippen LogP contribution in [0.4, 0.5) is 0 Å². The zero-order valence-corrected chi connectivity index (χ0v) is 11.1. The van der Waals surface area contributed by atoms with Crippen molar-refractivity contribution < 1.29 is 4.74 Å². The summed E-state index contributed by atoms with van der Waals surface area (Å²) in [6.45, 7) is 5.44. The Bertz CT molecular complexity index is 371. The highest BCUT2D eigenvalue weighted by Gasteiger charge is 2.31. The lowest BCUT2D eigenvalue weighted by atomic mass is 10.00. The average Bonchev–Trinajstić information content (AvgIpc) is 3.14. The van der Waals surface area contributed by atoms with Gasteiger partial charge in [-0.05, 0) is 55.8 Å². The summed E-state index contributed by atoms with van der Waals surface area (Å²) < 4.78 is 5.32. The molecule has 0 bridgehead atoms. The molecule has 1 aliphatic rings. The minimum atomic E-state index is 0.541. The summed E-state index contributed by atoms with van der Waals surface area (Å²) >= 11 is 0. The van der Waals surface area contributed by atoms with Crippen molar-refractivity contribution in [2.45, 2.75) is 39.2 Å². The third-order valence-electron chi connectivity index (χ3n) is 3.49. The van der Waals surface area contributed by atoms with Crippen molar-refractivity contribution in [3.05, 3.63) is 29.3 Å². The van der Waals surface area contributed by atoms with Crippen molar-refractivity contribution in [1.29, 1.82) is 0 Å². The van der Waals surface area contributed by atoms with E-state index in [1.807, 2.05) is 0 Å². The van der Waals surface area contributed by atoms with Crippen LogP contribution in [0.1, 0.15) is 43.4 Å². The molecular weight excluding hydrogens is 210 g/mol. The number of hydrogen-bond acceptors (Lipinski definition) is 2. The van der Waals surface area contributed by atoms with Gasteiger partial charge in [-0.3, -0.25) is 0 Å². The Hall–Kier alpha value is -1.02. The summed E-state index contributed by atoms with van der Waals surface area (Å²) in [4.78, 5) is 0. The largest absolute Gasteiger partial charge is 0.496 e. The SMILES string of the molecule is CCCNC(c1ccc(OC)c(C)c1)C1CC1. The third kappa shape index (κ3) is 3.01. The number of rotatable bonds is 6. The first-order chi connectivity index (χ1) is 8.26. The molecule has 2 rings (SSSR count). The van der Waals surface area contributed by atoms with Crippen LogP contribution in [0.3, 0.4) is 0 Å². The quantitative estimate of drug-likeness (QED) is 0.812. The monoisotopic (exact) mass is 233 g/mol. The first-order valence-corrected chi connectivity index (χ1v) is 6.64. The minimum absolute atomic E-state index is 0.541. The van der Waals surface area contributed by atoms with Crippen molar-refractivity contribution in [2.75, 3.05) is 13.7 Å². The van der Waals surface area contributed by atoms with Gasteiger partial charge in [0.25, 0.3) is 0 Å². The third-order valence-corrected chi connectivity index (χ3v) is 3.49. The molecule has 2 nitrogen and oxygen atoms in total. The van der Waals surface area contributed by atoms with E-state index in [1.54, 1.807) is 7.11 Å². The molecule has 1 aliphatic carbocycles. The molecule has 2 heteroatoms. The Labute approximate surface area is 104 Å². The van der Waals surface area contributed by atoms with Gasteiger partial charge in [0.15, 0.2) is 0 Å². The summed E-state index contributed by atoms with van der Waals surface area (Å²) in [6, 6.07) is 7.11. The van der Waals surface area contributed by atoms with E-state index in [4.69, 9.17) is 4.74 Å². The van der Waals surface area contributed by atoms with Crippen LogP contribution >= 0.6 is 0 Å². The van der Waals surface area contributed by atoms with Crippen LogP contribution in [-0.4, -0.2) is 13.7 Å². The lowest BCUT2D eigenvalue weighted by Crippen LogP contribution is -2.23. The maximum atomic E-state index is 5.32. The van der Waals surface area contributed by atoms with E-state index >= 15 is 0 Å². The normalized spacial score (nSPS) is 16.9. The van der Waals surface area contributed by atoms with Crippen LogP contribution in [-0.2, 0) is 0 Å². The van der Waals surface area contributed by atoms with Gasteiger partial charge in [-0.15, -0.1) is 0 Å². The Kier molecular flexibility index (Phi) is 4.06. The molecule has 94 valence electrons. The second-order valence-corrected chi connectivity index (χ2v) is 5.00. The summed E-state index contributed by atoms with van der Waals surface area (Å²) in [7, 11) is 1.73. The van der Waals surface area contributed by atoms with Gasteiger partial charge in [0, 0.05) is 6.04 Å². The van der Waals surface area contributed by atoms with Crippen LogP contribution in [0.25, 0.3) is 0 Å². The van der Waals surface area contributed by atoms with Crippen molar-refractivity contribution in [2.24, 2.45) is 5.92 Å². The number of methoxy groups -OCH3 is 1. The molecule has 0 aliphatic heterocycles. The maximum absolute atomic E-state index is 5.32. The standard InChI is InChI=1S/C15H23NO/c1-4-9-16-15(12-5-6-12)13-7-8-14(17-3)11(2)10-13/h7-8,10,12,15-16H,4-6,9H2,1-3H3. The predicted molar refractivity (Wildman–Crippen MR) is 71.5 cm³/mol. The minimum Gasteiger partial charge on any atom is -0.496 e. The highest BCUT2D eigenvalue weighted by Crippen LogP contribution is 2.41. The molecular formula is C15H23NO. The maximum Gasteiger partial charge on any atom is 0.121 e. The fourth-order valence-electron chi connectivity index (χ4n) is 2.38. The van der Waals surface area contributed by atoms with Crippen molar-refractivity contribution in [3.63, 3.8) is 0 Å². The van der Waals surface area contributed by atoms with Gasteiger partial charge >= 0.3 is 0 Å². The van der Waals surface area contributed by atoms with Gasteiger partial charge in [0.1, 0.15) is 5.75 Å². The molecule has 0 aromatic heterocycles. The number of nitrogens with one attached hydrogen (secondary N) is 1. The summed E-state index contributed by atoms with van der Waals surface area (Å²) in [6.07, 6.45) is 3.93. The number of ether oxygens (including phenoxy) is 1. The molecule has 1 aromatic rings. The number of hydrogen-bond donors (Lipinski definition) is 1. The van der Waals surface area contributed by atoms with E-state index in [0.717, 1.165) is 18.2 Å². The van der Waals surface area contributed by atoms with Gasteiger partial charge in [0.05, 0.1) is 7.11 Å². The van der Waals surface area contributed by atoms with E-state index < -0.39 is 0 Å². The second-order valence-electron chi connectivity index (χ2n) is 5.00. The van der Waals surface area contributed by atoms with E-state index in [0.29, 0.717) is 6.04 Å². The zero-order chi connectivity index (χ0) is 12.3. The molecule has 1 aromatic carbocycles. The second kappa shape index (κ2) is 5.54. The molecule has 0 spiro atoms. The van der Waals surface area contributed by atoms with Crippen LogP contribution in [0, 0.1) is 12.8 Å². The lowest BCUT2D eigenvalue weighted by molar-refractivity contribution is 0.410.